The number of sulfone groups is 1. The fourth-order valence-corrected chi connectivity index (χ4v) is 4.90. The molecule has 14 heavy (non-hydrogen) atoms. The molecule has 1 aliphatic heterocycles. The highest BCUT2D eigenvalue weighted by Crippen LogP contribution is 2.57. The van der Waals surface area contributed by atoms with Gasteiger partial charge in [0.1, 0.15) is 0 Å². The molecular formula is C5H6Cl3NO3S2. The number of amides is 1. The van der Waals surface area contributed by atoms with E-state index in [9.17, 15) is 13.2 Å². The highest BCUT2D eigenvalue weighted by atomic mass is 35.5. The van der Waals surface area contributed by atoms with Crippen LogP contribution >= 0.6 is 46.8 Å². The minimum Gasteiger partial charge on any atom is -0.284 e. The molecule has 0 aromatic carbocycles. The van der Waals surface area contributed by atoms with Gasteiger partial charge in [0.15, 0.2) is 9.84 Å². The van der Waals surface area contributed by atoms with Crippen LogP contribution in [0.3, 0.4) is 0 Å². The lowest BCUT2D eigenvalue weighted by Gasteiger charge is -2.24. The summed E-state index contributed by atoms with van der Waals surface area (Å²) in [6.07, 6.45) is 0.874. The third-order valence-electron chi connectivity index (χ3n) is 1.66. The lowest BCUT2D eigenvalue weighted by Crippen LogP contribution is -2.45. The van der Waals surface area contributed by atoms with Crippen LogP contribution in [0.4, 0.5) is 0 Å². The van der Waals surface area contributed by atoms with E-state index in [0.717, 1.165) is 10.6 Å². The van der Waals surface area contributed by atoms with Crippen LogP contribution in [0.1, 0.15) is 0 Å². The number of hydrogen-bond acceptors (Lipinski definition) is 4. The first-order valence-corrected chi connectivity index (χ1v) is 7.07. The maximum absolute atomic E-state index is 11.4. The molecule has 4 nitrogen and oxygen atoms in total. The molecule has 1 unspecified atom stereocenters. The number of rotatable bonds is 1. The number of hydrogen-bond donors (Lipinski definition) is 0. The molecule has 1 heterocycles. The Morgan fingerprint density at radius 1 is 1.36 bits per heavy atom. The second kappa shape index (κ2) is 3.31. The summed E-state index contributed by atoms with van der Waals surface area (Å²) >= 11 is 17.7. The van der Waals surface area contributed by atoms with Crippen molar-refractivity contribution in [3.63, 3.8) is 0 Å². The summed E-state index contributed by atoms with van der Waals surface area (Å²) < 4.78 is 19.5. The number of alkyl halides is 3. The number of nitrogens with zero attached hydrogens (tertiary/aromatic N) is 1. The van der Waals surface area contributed by atoms with Gasteiger partial charge in [-0.2, -0.15) is 0 Å². The molecule has 1 fully saturated rings. The van der Waals surface area contributed by atoms with Crippen LogP contribution in [-0.2, 0) is 14.6 Å². The van der Waals surface area contributed by atoms with Gasteiger partial charge in [0.25, 0.3) is 9.45 Å². The maximum Gasteiger partial charge on any atom is 0.272 e. The minimum absolute atomic E-state index is 0.587. The SMILES string of the molecule is CN1SC(Cl)(S(C)(=O)=O)C(Cl)(Cl)C1=O. The van der Waals surface area contributed by atoms with Crippen LogP contribution in [0.2, 0.25) is 0 Å². The summed E-state index contributed by atoms with van der Waals surface area (Å²) in [4.78, 5) is 11.4. The number of carbonyl (C=O) groups is 1. The number of halogens is 3. The molecule has 9 heteroatoms. The zero-order valence-corrected chi connectivity index (χ0v) is 11.0. The van der Waals surface area contributed by atoms with Crippen molar-refractivity contribution < 1.29 is 13.2 Å². The van der Waals surface area contributed by atoms with E-state index in [2.05, 4.69) is 0 Å². The maximum atomic E-state index is 11.4. The van der Waals surface area contributed by atoms with Crippen LogP contribution < -0.4 is 0 Å². The summed E-state index contributed by atoms with van der Waals surface area (Å²) in [5, 5.41) is 0. The Balaban J connectivity index is 3.35. The molecule has 0 N–H and O–H groups in total. The molecule has 0 bridgehead atoms. The van der Waals surface area contributed by atoms with E-state index in [4.69, 9.17) is 34.8 Å². The van der Waals surface area contributed by atoms with Crippen LogP contribution in [-0.4, -0.2) is 39.8 Å². The average Bonchev–Trinajstić information content (AvgIpc) is 2.12. The molecule has 1 amide bonds. The van der Waals surface area contributed by atoms with Gasteiger partial charge >= 0.3 is 0 Å². The largest absolute Gasteiger partial charge is 0.284 e. The molecule has 0 aromatic rings. The van der Waals surface area contributed by atoms with Gasteiger partial charge in [0, 0.05) is 13.3 Å². The van der Waals surface area contributed by atoms with Crippen molar-refractivity contribution >= 4 is 62.5 Å². The first kappa shape index (κ1) is 12.7. The molecule has 0 radical (unpaired) electrons. The van der Waals surface area contributed by atoms with Crippen molar-refractivity contribution in [1.29, 1.82) is 0 Å². The fourth-order valence-electron chi connectivity index (χ4n) is 0.901. The van der Waals surface area contributed by atoms with Gasteiger partial charge in [-0.05, 0) is 11.9 Å². The van der Waals surface area contributed by atoms with Gasteiger partial charge < -0.3 is 0 Å². The van der Waals surface area contributed by atoms with Gasteiger partial charge in [0.2, 0.25) is 4.33 Å². The predicted molar refractivity (Wildman–Crippen MR) is 58.2 cm³/mol. The van der Waals surface area contributed by atoms with Gasteiger partial charge in [-0.1, -0.05) is 34.8 Å². The Kier molecular flexibility index (Phi) is 3.01. The van der Waals surface area contributed by atoms with Gasteiger partial charge in [-0.15, -0.1) is 0 Å². The molecule has 0 saturated carbocycles. The third kappa shape index (κ3) is 1.51. The summed E-state index contributed by atoms with van der Waals surface area (Å²) in [6.45, 7) is 0. The third-order valence-corrected chi connectivity index (χ3v) is 7.90. The molecule has 1 aliphatic rings. The first-order valence-electron chi connectivity index (χ1n) is 3.27. The topological polar surface area (TPSA) is 54.5 Å². The molecule has 1 atom stereocenters. The molecule has 0 aliphatic carbocycles. The molecule has 1 rings (SSSR count). The van der Waals surface area contributed by atoms with Crippen molar-refractivity contribution in [2.24, 2.45) is 0 Å². The van der Waals surface area contributed by atoms with E-state index in [1.54, 1.807) is 0 Å². The van der Waals surface area contributed by atoms with Crippen LogP contribution in [0, 0.1) is 0 Å². The average molecular weight is 299 g/mol. The Morgan fingerprint density at radius 2 is 1.79 bits per heavy atom. The van der Waals surface area contributed by atoms with Crippen molar-refractivity contribution in [2.75, 3.05) is 13.3 Å². The van der Waals surface area contributed by atoms with E-state index in [0.29, 0.717) is 11.9 Å². The summed E-state index contributed by atoms with van der Waals surface area (Å²) in [7, 11) is -2.42. The summed E-state index contributed by atoms with van der Waals surface area (Å²) in [6, 6.07) is 0. The van der Waals surface area contributed by atoms with Gasteiger partial charge in [-0.3, -0.25) is 9.10 Å². The second-order valence-corrected chi connectivity index (χ2v) is 8.88. The highest BCUT2D eigenvalue weighted by molar-refractivity contribution is 8.16. The molecular weight excluding hydrogens is 293 g/mol. The van der Waals surface area contributed by atoms with E-state index >= 15 is 0 Å². The van der Waals surface area contributed by atoms with E-state index in [-0.39, 0.29) is 0 Å². The zero-order valence-electron chi connectivity index (χ0n) is 7.12. The van der Waals surface area contributed by atoms with Gasteiger partial charge in [-0.25, -0.2) is 8.42 Å². The standard InChI is InChI=1S/C5H6Cl3NO3S2/c1-9-3(10)4(6,7)5(8,13-9)14(2,11)12/h1-2H3. The Bertz CT molecular complexity index is 382. The quantitative estimate of drug-likeness (QED) is 0.539. The van der Waals surface area contributed by atoms with Gasteiger partial charge in [0.05, 0.1) is 0 Å². The Hall–Kier alpha value is 0.640. The Labute approximate surface area is 101 Å². The van der Waals surface area contributed by atoms with Crippen LogP contribution in [0.15, 0.2) is 0 Å². The van der Waals surface area contributed by atoms with Crippen molar-refractivity contribution in [1.82, 2.24) is 4.31 Å². The second-order valence-electron chi connectivity index (χ2n) is 2.78. The lowest BCUT2D eigenvalue weighted by molar-refractivity contribution is -0.124. The van der Waals surface area contributed by atoms with Crippen LogP contribution in [0.5, 0.6) is 0 Å². The minimum atomic E-state index is -3.77. The van der Waals surface area contributed by atoms with E-state index in [1.807, 2.05) is 0 Å². The smallest absolute Gasteiger partial charge is 0.272 e. The zero-order chi connectivity index (χ0) is 11.4. The fraction of sp³-hybridized carbons (Fsp3) is 0.800. The molecule has 0 spiro atoms. The lowest BCUT2D eigenvalue weighted by atomic mass is 10.4. The first-order chi connectivity index (χ1) is 6.04. The van der Waals surface area contributed by atoms with Crippen molar-refractivity contribution in [3.8, 4) is 0 Å². The Morgan fingerprint density at radius 3 is 1.93 bits per heavy atom. The number of carbonyl (C=O) groups excluding carboxylic acids is 1. The normalized spacial score (nSPS) is 32.4. The molecule has 0 aromatic heterocycles. The van der Waals surface area contributed by atoms with E-state index in [1.165, 1.54) is 7.05 Å². The van der Waals surface area contributed by atoms with E-state index < -0.39 is 23.6 Å². The summed E-state index contributed by atoms with van der Waals surface area (Å²) in [5.41, 5.74) is 0. The monoisotopic (exact) mass is 297 g/mol. The van der Waals surface area contributed by atoms with Crippen molar-refractivity contribution in [3.05, 3.63) is 0 Å². The van der Waals surface area contributed by atoms with Crippen LogP contribution in [0.25, 0.3) is 0 Å². The molecule has 82 valence electrons. The highest BCUT2D eigenvalue weighted by Gasteiger charge is 2.68. The van der Waals surface area contributed by atoms with Crippen molar-refractivity contribution in [2.45, 2.75) is 7.87 Å². The summed E-state index contributed by atoms with van der Waals surface area (Å²) in [5.74, 6) is -0.744. The predicted octanol–water partition coefficient (Wildman–Crippen LogP) is 1.22. The molecule has 1 saturated heterocycles.